The van der Waals surface area contributed by atoms with Gasteiger partial charge in [0.25, 0.3) is 0 Å². The Morgan fingerprint density at radius 2 is 0.793 bits per heavy atom. The maximum atomic E-state index is 6.62. The van der Waals surface area contributed by atoms with Crippen LogP contribution in [-0.4, -0.2) is 0 Å². The average molecular weight is 745 g/mol. The molecule has 58 heavy (non-hydrogen) atoms. The number of benzene rings is 8. The second-order valence-electron chi connectivity index (χ2n) is 15.5. The molecule has 8 aromatic carbocycles. The van der Waals surface area contributed by atoms with E-state index in [-0.39, 0.29) is 0 Å². The second kappa shape index (κ2) is 12.0. The molecule has 0 saturated heterocycles. The van der Waals surface area contributed by atoms with Crippen molar-refractivity contribution in [1.29, 1.82) is 0 Å². The SMILES string of the molecule is C1=CCCC(c2ccc3oc4c(ccc5oc6ccc(-c7cccc(-c8ccc9oc%10ccc%11c%12cc(-c%13ccccc%13)ccc%12oc%11c%10c9c8)c7)cc6c54)c3c2)=C1. The Morgan fingerprint density at radius 1 is 0.328 bits per heavy atom. The van der Waals surface area contributed by atoms with Gasteiger partial charge in [-0.15, -0.1) is 0 Å². The Morgan fingerprint density at radius 3 is 1.36 bits per heavy atom. The van der Waals surface area contributed by atoms with Crippen molar-refractivity contribution in [1.82, 2.24) is 0 Å². The molecule has 4 aromatic heterocycles. The van der Waals surface area contributed by atoms with Crippen molar-refractivity contribution in [2.24, 2.45) is 0 Å². The summed E-state index contributed by atoms with van der Waals surface area (Å²) in [6.45, 7) is 0. The van der Waals surface area contributed by atoms with E-state index in [1.165, 1.54) is 16.7 Å². The second-order valence-corrected chi connectivity index (χ2v) is 15.5. The minimum atomic E-state index is 0.814. The van der Waals surface area contributed by atoms with Gasteiger partial charge in [0.05, 0.1) is 10.8 Å². The molecule has 0 radical (unpaired) electrons. The fraction of sp³-hybridized carbons (Fsp3) is 0.0370. The molecule has 0 saturated carbocycles. The molecule has 4 heteroatoms. The van der Waals surface area contributed by atoms with E-state index in [0.717, 1.165) is 128 Å². The molecule has 0 spiro atoms. The standard InChI is InChI=1S/C54H32O4/c1-3-8-31(9-4-1)35-14-20-45-41(27-35)39-18-24-49-51(53(39)57-45)43-29-37(16-22-47(43)55-49)33-12-7-13-34(26-33)38-17-23-48-44(30-38)52-50(56-48)25-19-40-42-28-36(32-10-5-2-6-11-32)15-21-46(42)58-54(40)52/h1-5,7-10,12-30H,6,11H2. The van der Waals surface area contributed by atoms with Gasteiger partial charge in [0.15, 0.2) is 0 Å². The normalized spacial score (nSPS) is 13.4. The quantitative estimate of drug-likeness (QED) is 0.180. The summed E-state index contributed by atoms with van der Waals surface area (Å²) < 4.78 is 26.0. The van der Waals surface area contributed by atoms with Crippen LogP contribution in [0.4, 0.5) is 0 Å². The predicted molar refractivity (Wildman–Crippen MR) is 238 cm³/mol. The van der Waals surface area contributed by atoms with E-state index in [4.69, 9.17) is 17.7 Å². The highest BCUT2D eigenvalue weighted by molar-refractivity contribution is 6.24. The molecule has 4 nitrogen and oxygen atoms in total. The first-order valence-corrected chi connectivity index (χ1v) is 19.9. The Hall–Kier alpha value is -7.56. The number of furan rings is 4. The van der Waals surface area contributed by atoms with Crippen LogP contribution in [0.5, 0.6) is 0 Å². The Kier molecular flexibility index (Phi) is 6.53. The third kappa shape index (κ3) is 4.69. The van der Waals surface area contributed by atoms with E-state index < -0.39 is 0 Å². The molecule has 1 aliphatic carbocycles. The van der Waals surface area contributed by atoms with Crippen LogP contribution >= 0.6 is 0 Å². The lowest BCUT2D eigenvalue weighted by Crippen LogP contribution is -1.87. The van der Waals surface area contributed by atoms with Gasteiger partial charge in [-0.2, -0.15) is 0 Å². The first-order valence-electron chi connectivity index (χ1n) is 19.9. The zero-order valence-electron chi connectivity index (χ0n) is 31.2. The summed E-state index contributed by atoms with van der Waals surface area (Å²) in [5.74, 6) is 0. The van der Waals surface area contributed by atoms with E-state index in [1.54, 1.807) is 0 Å². The van der Waals surface area contributed by atoms with Gasteiger partial charge in [0.2, 0.25) is 0 Å². The van der Waals surface area contributed by atoms with Crippen LogP contribution in [-0.2, 0) is 0 Å². The number of rotatable bonds is 4. The molecule has 1 aliphatic rings. The van der Waals surface area contributed by atoms with Crippen molar-refractivity contribution in [3.8, 4) is 33.4 Å². The molecule has 272 valence electrons. The van der Waals surface area contributed by atoms with Crippen LogP contribution in [0.3, 0.4) is 0 Å². The lowest BCUT2D eigenvalue weighted by molar-refractivity contribution is 0.662. The van der Waals surface area contributed by atoms with E-state index >= 15 is 0 Å². The van der Waals surface area contributed by atoms with Crippen LogP contribution in [0.15, 0.2) is 188 Å². The summed E-state index contributed by atoms with van der Waals surface area (Å²) in [6, 6.07) is 53.6. The van der Waals surface area contributed by atoms with Crippen molar-refractivity contribution < 1.29 is 17.7 Å². The fourth-order valence-corrected chi connectivity index (χ4v) is 9.28. The van der Waals surface area contributed by atoms with Gasteiger partial charge in [-0.3, -0.25) is 0 Å². The van der Waals surface area contributed by atoms with E-state index in [2.05, 4.69) is 164 Å². The van der Waals surface area contributed by atoms with Gasteiger partial charge in [0.1, 0.15) is 44.7 Å². The number of hydrogen-bond acceptors (Lipinski definition) is 4. The molecule has 4 heterocycles. The average Bonchev–Trinajstić information content (AvgIpc) is 4.05. The Bertz CT molecular complexity index is 3730. The molecule has 0 bridgehead atoms. The fourth-order valence-electron chi connectivity index (χ4n) is 9.28. The summed E-state index contributed by atoms with van der Waals surface area (Å²) in [4.78, 5) is 0. The summed E-state index contributed by atoms with van der Waals surface area (Å²) >= 11 is 0. The summed E-state index contributed by atoms with van der Waals surface area (Å²) in [5.41, 5.74) is 16.2. The van der Waals surface area contributed by atoms with Gasteiger partial charge in [-0.05, 0) is 136 Å². The largest absolute Gasteiger partial charge is 0.456 e. The predicted octanol–water partition coefficient (Wildman–Crippen LogP) is 16.0. The smallest absolute Gasteiger partial charge is 0.147 e. The lowest BCUT2D eigenvalue weighted by atomic mass is 9.96. The van der Waals surface area contributed by atoms with E-state index in [1.807, 2.05) is 6.07 Å². The number of allylic oxidation sites excluding steroid dienone is 4. The van der Waals surface area contributed by atoms with Crippen molar-refractivity contribution >= 4 is 93.3 Å². The monoisotopic (exact) mass is 744 g/mol. The minimum absolute atomic E-state index is 0.814. The van der Waals surface area contributed by atoms with Gasteiger partial charge in [0, 0.05) is 32.3 Å². The third-order valence-corrected chi connectivity index (χ3v) is 12.2. The topological polar surface area (TPSA) is 52.6 Å². The first-order chi connectivity index (χ1) is 28.7. The van der Waals surface area contributed by atoms with Crippen LogP contribution in [0.2, 0.25) is 0 Å². The van der Waals surface area contributed by atoms with Crippen molar-refractivity contribution in [3.63, 3.8) is 0 Å². The van der Waals surface area contributed by atoms with Gasteiger partial charge in [-0.1, -0.05) is 91.0 Å². The molecule has 0 fully saturated rings. The molecule has 0 N–H and O–H groups in total. The summed E-state index contributed by atoms with van der Waals surface area (Å²) in [7, 11) is 0. The molecule has 0 atom stereocenters. The number of hydrogen-bond donors (Lipinski definition) is 0. The summed E-state index contributed by atoms with van der Waals surface area (Å²) in [6.07, 6.45) is 8.73. The maximum absolute atomic E-state index is 6.62. The molecule has 0 aliphatic heterocycles. The zero-order valence-corrected chi connectivity index (χ0v) is 31.2. The van der Waals surface area contributed by atoms with E-state index in [0.29, 0.717) is 0 Å². The minimum Gasteiger partial charge on any atom is -0.456 e. The van der Waals surface area contributed by atoms with Crippen molar-refractivity contribution in [2.75, 3.05) is 0 Å². The van der Waals surface area contributed by atoms with Crippen LogP contribution < -0.4 is 0 Å². The molecular formula is C54H32O4. The Labute approximate surface area is 331 Å². The highest BCUT2D eigenvalue weighted by atomic mass is 16.4. The highest BCUT2D eigenvalue weighted by Crippen LogP contribution is 2.44. The molecular weight excluding hydrogens is 713 g/mol. The molecule has 0 amide bonds. The van der Waals surface area contributed by atoms with Crippen molar-refractivity contribution in [3.05, 3.63) is 175 Å². The van der Waals surface area contributed by atoms with Crippen molar-refractivity contribution in [2.45, 2.75) is 12.8 Å². The molecule has 12 aromatic rings. The van der Waals surface area contributed by atoms with Gasteiger partial charge in [-0.25, -0.2) is 0 Å². The lowest BCUT2D eigenvalue weighted by Gasteiger charge is -2.09. The number of fused-ring (bicyclic) bond motifs is 14. The molecule has 0 unspecified atom stereocenters. The Balaban J connectivity index is 0.915. The van der Waals surface area contributed by atoms with Gasteiger partial charge < -0.3 is 17.7 Å². The first kappa shape index (κ1) is 31.6. The van der Waals surface area contributed by atoms with Gasteiger partial charge >= 0.3 is 0 Å². The van der Waals surface area contributed by atoms with Crippen LogP contribution in [0.1, 0.15) is 18.4 Å². The van der Waals surface area contributed by atoms with Crippen LogP contribution in [0.25, 0.3) is 127 Å². The van der Waals surface area contributed by atoms with Crippen LogP contribution in [0, 0.1) is 0 Å². The summed E-state index contributed by atoms with van der Waals surface area (Å²) in [5, 5.41) is 8.49. The van der Waals surface area contributed by atoms with E-state index in [9.17, 15) is 0 Å². The zero-order chi connectivity index (χ0) is 37.9. The maximum Gasteiger partial charge on any atom is 0.147 e. The highest BCUT2D eigenvalue weighted by Gasteiger charge is 2.20. The third-order valence-electron chi connectivity index (χ3n) is 12.2. The molecule has 13 rings (SSSR count).